The minimum absolute atomic E-state index is 0.147. The summed E-state index contributed by atoms with van der Waals surface area (Å²) < 4.78 is 0. The Morgan fingerprint density at radius 2 is 0.894 bits per heavy atom. The Labute approximate surface area is 307 Å². The molecule has 3 aliphatic rings. The number of benzene rings is 3. The van der Waals surface area contributed by atoms with E-state index in [1.54, 1.807) is 30.3 Å². The highest BCUT2D eigenvalue weighted by atomic mass is 35.5. The fourth-order valence-corrected chi connectivity index (χ4v) is 8.23. The van der Waals surface area contributed by atoms with Crippen LogP contribution in [-0.2, 0) is 25.8 Å². The van der Waals surface area contributed by atoms with Crippen LogP contribution >= 0.6 is 69.6 Å². The molecule has 5 N–H and O–H groups in total. The van der Waals surface area contributed by atoms with E-state index < -0.39 is 16.8 Å². The number of carbonyl (C=O) groups is 2. The number of hydrogen-bond donors (Lipinski definition) is 3. The van der Waals surface area contributed by atoms with E-state index in [2.05, 4.69) is 6.07 Å². The van der Waals surface area contributed by atoms with Crippen molar-refractivity contribution >= 4 is 81.5 Å². The molecule has 0 spiro atoms. The van der Waals surface area contributed by atoms with Gasteiger partial charge in [-0.25, -0.2) is 0 Å². The van der Waals surface area contributed by atoms with Crippen LogP contribution in [0, 0.1) is 0 Å². The van der Waals surface area contributed by atoms with Crippen LogP contribution in [0.25, 0.3) is 0 Å². The summed E-state index contributed by atoms with van der Waals surface area (Å²) >= 11 is 35.6. The highest BCUT2D eigenvalue weighted by Gasteiger charge is 2.43. The van der Waals surface area contributed by atoms with E-state index in [1.807, 2.05) is 18.2 Å². The van der Waals surface area contributed by atoms with Crippen molar-refractivity contribution in [2.75, 3.05) is 6.54 Å². The van der Waals surface area contributed by atoms with Crippen molar-refractivity contribution in [2.24, 2.45) is 11.5 Å². The first-order chi connectivity index (χ1) is 22.3. The highest BCUT2D eigenvalue weighted by molar-refractivity contribution is 6.43. The van der Waals surface area contributed by atoms with Gasteiger partial charge in [-0.15, -0.1) is 0 Å². The number of aliphatic carboxylic acids is 1. The maximum absolute atomic E-state index is 11.7. The molecule has 0 heterocycles. The van der Waals surface area contributed by atoms with Crippen molar-refractivity contribution in [1.29, 1.82) is 0 Å². The number of primary amides is 1. The lowest BCUT2D eigenvalue weighted by Crippen LogP contribution is -2.38. The second kappa shape index (κ2) is 16.3. The molecule has 3 saturated carbocycles. The number of rotatable bonds is 6. The number of amides is 1. The van der Waals surface area contributed by atoms with Gasteiger partial charge < -0.3 is 16.6 Å². The van der Waals surface area contributed by atoms with Crippen molar-refractivity contribution in [1.82, 2.24) is 0 Å². The zero-order valence-electron chi connectivity index (χ0n) is 26.1. The molecule has 1 amide bonds. The van der Waals surface area contributed by atoms with Crippen LogP contribution in [0.2, 0.25) is 30.1 Å². The number of nitrogens with two attached hydrogens (primary N) is 2. The molecule has 0 aliphatic heterocycles. The molecule has 5 nitrogen and oxygen atoms in total. The fourth-order valence-electron chi connectivity index (χ4n) is 7.34. The number of carbonyl (C=O) groups excluding carboxylic acids is 1. The van der Waals surface area contributed by atoms with E-state index in [1.165, 1.54) is 31.2 Å². The Kier molecular flexibility index (Phi) is 13.2. The molecule has 3 aliphatic carbocycles. The normalized spacial score (nSPS) is 18.9. The molecule has 254 valence electrons. The van der Waals surface area contributed by atoms with Crippen LogP contribution < -0.4 is 11.5 Å². The maximum atomic E-state index is 11.7. The lowest BCUT2D eigenvalue weighted by molar-refractivity contribution is -0.143. The van der Waals surface area contributed by atoms with Gasteiger partial charge >= 0.3 is 5.97 Å². The van der Waals surface area contributed by atoms with Gasteiger partial charge in [-0.1, -0.05) is 126 Å². The van der Waals surface area contributed by atoms with Crippen LogP contribution in [0.3, 0.4) is 0 Å². The highest BCUT2D eigenvalue weighted by Crippen LogP contribution is 2.44. The maximum Gasteiger partial charge on any atom is 0.314 e. The Morgan fingerprint density at radius 3 is 1.26 bits per heavy atom. The molecule has 3 aromatic rings. The smallest absolute Gasteiger partial charge is 0.314 e. The van der Waals surface area contributed by atoms with Crippen LogP contribution in [0.4, 0.5) is 0 Å². The Hall–Kier alpha value is -1.70. The quantitative estimate of drug-likeness (QED) is 0.232. The number of hydrogen-bond acceptors (Lipinski definition) is 3. The molecular weight excluding hydrogens is 721 g/mol. The minimum Gasteiger partial charge on any atom is -0.481 e. The van der Waals surface area contributed by atoms with E-state index in [-0.39, 0.29) is 11.3 Å². The Morgan fingerprint density at radius 1 is 0.553 bits per heavy atom. The van der Waals surface area contributed by atoms with Crippen LogP contribution in [-0.4, -0.2) is 23.5 Å². The predicted molar refractivity (Wildman–Crippen MR) is 196 cm³/mol. The van der Waals surface area contributed by atoms with Gasteiger partial charge in [0, 0.05) is 12.0 Å². The van der Waals surface area contributed by atoms with Gasteiger partial charge in [-0.3, -0.25) is 9.59 Å². The molecule has 0 saturated heterocycles. The molecule has 0 radical (unpaired) electrons. The third-order valence-electron chi connectivity index (χ3n) is 10.2. The van der Waals surface area contributed by atoms with Gasteiger partial charge in [0.05, 0.1) is 41.0 Å². The summed E-state index contributed by atoms with van der Waals surface area (Å²) in [6.07, 6.45) is 11.8. The fraction of sp³-hybridized carbons (Fsp3) is 0.444. The van der Waals surface area contributed by atoms with Gasteiger partial charge in [-0.05, 0) is 91.6 Å². The molecule has 3 fully saturated rings. The third-order valence-corrected chi connectivity index (χ3v) is 12.4. The molecule has 0 atom stereocenters. The first kappa shape index (κ1) is 38.1. The Balaban J connectivity index is 0.000000160. The molecule has 6 rings (SSSR count). The number of carboxylic acid groups (broad SMARTS) is 1. The first-order valence-electron chi connectivity index (χ1n) is 15.9. The van der Waals surface area contributed by atoms with E-state index in [0.29, 0.717) is 49.5 Å². The van der Waals surface area contributed by atoms with Crippen molar-refractivity contribution < 1.29 is 14.7 Å². The monoisotopic (exact) mass is 758 g/mol. The van der Waals surface area contributed by atoms with Crippen LogP contribution in [0.15, 0.2) is 54.6 Å². The summed E-state index contributed by atoms with van der Waals surface area (Å²) in [5.74, 6) is -1.02. The van der Waals surface area contributed by atoms with Gasteiger partial charge in [-0.2, -0.15) is 0 Å². The molecule has 0 bridgehead atoms. The van der Waals surface area contributed by atoms with Crippen LogP contribution in [0.5, 0.6) is 0 Å². The largest absolute Gasteiger partial charge is 0.481 e. The third kappa shape index (κ3) is 8.37. The van der Waals surface area contributed by atoms with Crippen molar-refractivity contribution in [3.63, 3.8) is 0 Å². The molecule has 0 aromatic heterocycles. The molecule has 47 heavy (non-hydrogen) atoms. The van der Waals surface area contributed by atoms with E-state index in [0.717, 1.165) is 49.7 Å². The van der Waals surface area contributed by atoms with Gasteiger partial charge in [0.25, 0.3) is 0 Å². The second-order valence-electron chi connectivity index (χ2n) is 12.8. The zero-order chi connectivity index (χ0) is 34.4. The lowest BCUT2D eigenvalue weighted by Gasteiger charge is -2.28. The molecule has 0 unspecified atom stereocenters. The molecular formula is C36H40Cl6N2O3. The van der Waals surface area contributed by atoms with Gasteiger partial charge in [0.1, 0.15) is 0 Å². The number of carboxylic acids is 1. The summed E-state index contributed by atoms with van der Waals surface area (Å²) in [4.78, 5) is 23.1. The van der Waals surface area contributed by atoms with Gasteiger partial charge in [0.2, 0.25) is 5.91 Å². The summed E-state index contributed by atoms with van der Waals surface area (Å²) in [5.41, 5.74) is 13.2. The van der Waals surface area contributed by atoms with Crippen molar-refractivity contribution in [3.05, 3.63) is 101 Å². The molecule has 3 aromatic carbocycles. The average molecular weight is 761 g/mol. The molecule has 11 heteroatoms. The Bertz CT molecular complexity index is 1500. The first-order valence-corrected chi connectivity index (χ1v) is 18.2. The van der Waals surface area contributed by atoms with Crippen molar-refractivity contribution in [2.45, 2.75) is 93.3 Å². The van der Waals surface area contributed by atoms with E-state index >= 15 is 0 Å². The lowest BCUT2D eigenvalue weighted by atomic mass is 9.78. The topological polar surface area (TPSA) is 106 Å². The summed E-state index contributed by atoms with van der Waals surface area (Å²) in [6.45, 7) is 0.699. The number of halogens is 6. The summed E-state index contributed by atoms with van der Waals surface area (Å²) in [7, 11) is 0. The second-order valence-corrected chi connectivity index (χ2v) is 15.3. The summed E-state index contributed by atoms with van der Waals surface area (Å²) in [6, 6.07) is 16.4. The van der Waals surface area contributed by atoms with Gasteiger partial charge in [0.15, 0.2) is 0 Å². The van der Waals surface area contributed by atoms with E-state index in [4.69, 9.17) is 81.1 Å². The predicted octanol–water partition coefficient (Wildman–Crippen LogP) is 10.9. The summed E-state index contributed by atoms with van der Waals surface area (Å²) in [5, 5.41) is 12.5. The van der Waals surface area contributed by atoms with E-state index in [9.17, 15) is 14.7 Å². The van der Waals surface area contributed by atoms with Crippen molar-refractivity contribution in [3.8, 4) is 0 Å². The SMILES string of the molecule is NC(=O)C1(c2ccc(Cl)c(Cl)c2)CCCC1.NCC1(c2ccc(Cl)c(Cl)c2)CCCC1.O=C(O)C1(c2ccc(Cl)c(Cl)c2)CCCC1. The zero-order valence-corrected chi connectivity index (χ0v) is 30.6. The average Bonchev–Trinajstić information content (AvgIpc) is 3.84. The van der Waals surface area contributed by atoms with Crippen LogP contribution in [0.1, 0.15) is 93.7 Å². The standard InChI is InChI=1S/C12H13Cl2NO.C12H15Cl2N.C12H12Cl2O2/c13-9-4-3-8(7-10(9)14)12(11(15)16)5-1-2-6-12;13-10-4-3-9(7-11(10)14)12(8-15)5-1-2-6-12;13-9-4-3-8(7-10(9)14)12(11(15)16)5-1-2-6-12/h3-4,7H,1-2,5-6H2,(H2,15,16);3-4,7H,1-2,5-6,8,15H2;3-4,7H,1-2,5-6H2,(H,15,16). The minimum atomic E-state index is -0.761.